The van der Waals surface area contributed by atoms with Crippen LogP contribution in [0, 0.1) is 11.8 Å². The average molecular weight is 292 g/mol. The number of rotatable bonds is 1. The molecule has 4 atom stereocenters. The van der Waals surface area contributed by atoms with Gasteiger partial charge < -0.3 is 9.64 Å². The van der Waals surface area contributed by atoms with Gasteiger partial charge in [0.25, 0.3) is 0 Å². The summed E-state index contributed by atoms with van der Waals surface area (Å²) in [7, 11) is 0. The van der Waals surface area contributed by atoms with Gasteiger partial charge in [0.15, 0.2) is 0 Å². The molecule has 1 aromatic carbocycles. The molecule has 3 heterocycles. The highest BCUT2D eigenvalue weighted by atomic mass is 79.9. The van der Waals surface area contributed by atoms with Crippen LogP contribution in [0.3, 0.4) is 0 Å². The van der Waals surface area contributed by atoms with Gasteiger partial charge in [0.2, 0.25) is 0 Å². The summed E-state index contributed by atoms with van der Waals surface area (Å²) in [5.74, 6) is 1.40. The van der Waals surface area contributed by atoms with Gasteiger partial charge in [-0.1, -0.05) is 28.1 Å². The lowest BCUT2D eigenvalue weighted by atomic mass is 9.86. The maximum atomic E-state index is 5.90. The molecule has 0 amide bonds. The quantitative estimate of drug-likeness (QED) is 0.738. The summed E-state index contributed by atoms with van der Waals surface area (Å²) in [5, 5.41) is 0. The number of hydrogen-bond donors (Lipinski definition) is 0. The molecule has 0 N–H and O–H groups in total. The first-order valence-corrected chi connectivity index (χ1v) is 6.95. The third-order valence-corrected chi connectivity index (χ3v) is 4.78. The second-order valence-electron chi connectivity index (χ2n) is 5.16. The van der Waals surface area contributed by atoms with Gasteiger partial charge in [-0.25, -0.2) is 0 Å². The largest absolute Gasteiger partial charge is 0.371 e. The van der Waals surface area contributed by atoms with E-state index >= 15 is 0 Å². The van der Waals surface area contributed by atoms with Crippen molar-refractivity contribution < 1.29 is 4.74 Å². The van der Waals surface area contributed by atoms with Crippen molar-refractivity contribution in [1.82, 2.24) is 0 Å². The van der Waals surface area contributed by atoms with Crippen LogP contribution in [0.15, 0.2) is 40.9 Å². The molecule has 3 heteroatoms. The smallest absolute Gasteiger partial charge is 0.0814 e. The molecule has 2 saturated heterocycles. The van der Waals surface area contributed by atoms with E-state index in [1.54, 1.807) is 0 Å². The second-order valence-corrected chi connectivity index (χ2v) is 6.07. The standard InChI is InChI=1S/C14H14BrNO/c15-9-1-3-10(4-2-9)16-7-11-12(8-16)14-6-5-13(11)17-14/h1-6,11-14H,7-8H2. The number of hydrogen-bond acceptors (Lipinski definition) is 2. The van der Waals surface area contributed by atoms with Gasteiger partial charge in [-0.05, 0) is 24.3 Å². The highest BCUT2D eigenvalue weighted by Crippen LogP contribution is 2.44. The minimum Gasteiger partial charge on any atom is -0.371 e. The Morgan fingerprint density at radius 3 is 2.18 bits per heavy atom. The molecule has 0 saturated carbocycles. The summed E-state index contributed by atoms with van der Waals surface area (Å²) >= 11 is 3.48. The fourth-order valence-electron chi connectivity index (χ4n) is 3.39. The molecule has 88 valence electrons. The molecule has 0 aliphatic carbocycles. The first-order valence-electron chi connectivity index (χ1n) is 6.15. The van der Waals surface area contributed by atoms with Crippen molar-refractivity contribution in [3.63, 3.8) is 0 Å². The van der Waals surface area contributed by atoms with E-state index in [0.29, 0.717) is 24.0 Å². The molecule has 2 nitrogen and oxygen atoms in total. The normalized spacial score (nSPS) is 37.8. The van der Waals surface area contributed by atoms with Crippen molar-refractivity contribution >= 4 is 21.6 Å². The highest BCUT2D eigenvalue weighted by Gasteiger charge is 2.50. The van der Waals surface area contributed by atoms with Gasteiger partial charge in [0, 0.05) is 35.1 Å². The van der Waals surface area contributed by atoms with Crippen LogP contribution in [0.5, 0.6) is 0 Å². The van der Waals surface area contributed by atoms with Crippen molar-refractivity contribution in [2.45, 2.75) is 12.2 Å². The summed E-state index contributed by atoms with van der Waals surface area (Å²) in [6, 6.07) is 8.63. The molecule has 4 rings (SSSR count). The predicted octanol–water partition coefficient (Wildman–Crippen LogP) is 2.84. The van der Waals surface area contributed by atoms with E-state index in [1.165, 1.54) is 5.69 Å². The Morgan fingerprint density at radius 1 is 1.00 bits per heavy atom. The number of nitrogens with zero attached hydrogens (tertiary/aromatic N) is 1. The van der Waals surface area contributed by atoms with Crippen molar-refractivity contribution in [3.05, 3.63) is 40.9 Å². The topological polar surface area (TPSA) is 12.5 Å². The van der Waals surface area contributed by atoms with Crippen LogP contribution < -0.4 is 4.90 Å². The number of fused-ring (bicyclic) bond motifs is 5. The van der Waals surface area contributed by atoms with Crippen molar-refractivity contribution in [2.75, 3.05) is 18.0 Å². The fraction of sp³-hybridized carbons (Fsp3) is 0.429. The lowest BCUT2D eigenvalue weighted by Gasteiger charge is -2.21. The molecule has 3 aliphatic rings. The van der Waals surface area contributed by atoms with Gasteiger partial charge in [0.1, 0.15) is 0 Å². The molecule has 4 unspecified atom stereocenters. The predicted molar refractivity (Wildman–Crippen MR) is 71.1 cm³/mol. The van der Waals surface area contributed by atoms with E-state index in [0.717, 1.165) is 17.6 Å². The van der Waals surface area contributed by atoms with Gasteiger partial charge in [-0.15, -0.1) is 0 Å². The lowest BCUT2D eigenvalue weighted by molar-refractivity contribution is 0.100. The fourth-order valence-corrected chi connectivity index (χ4v) is 3.65. The maximum Gasteiger partial charge on any atom is 0.0814 e. The number of halogens is 1. The van der Waals surface area contributed by atoms with Crippen LogP contribution in [0.2, 0.25) is 0 Å². The Hall–Kier alpha value is -0.800. The van der Waals surface area contributed by atoms with Crippen molar-refractivity contribution in [1.29, 1.82) is 0 Å². The van der Waals surface area contributed by atoms with Crippen LogP contribution in [0.25, 0.3) is 0 Å². The van der Waals surface area contributed by atoms with Crippen molar-refractivity contribution in [3.8, 4) is 0 Å². The lowest BCUT2D eigenvalue weighted by Crippen LogP contribution is -2.24. The Labute approximate surface area is 109 Å². The molecule has 0 aromatic heterocycles. The molecule has 0 spiro atoms. The zero-order valence-electron chi connectivity index (χ0n) is 9.42. The number of ether oxygens (including phenoxy) is 1. The van der Waals surface area contributed by atoms with E-state index < -0.39 is 0 Å². The van der Waals surface area contributed by atoms with Crippen LogP contribution in [-0.2, 0) is 4.74 Å². The van der Waals surface area contributed by atoms with Crippen molar-refractivity contribution in [2.24, 2.45) is 11.8 Å². The maximum absolute atomic E-state index is 5.90. The Morgan fingerprint density at radius 2 is 1.59 bits per heavy atom. The summed E-state index contributed by atoms with van der Waals surface area (Å²) in [6.45, 7) is 2.27. The first kappa shape index (κ1) is 10.2. The zero-order valence-corrected chi connectivity index (χ0v) is 11.0. The Kier molecular flexibility index (Phi) is 2.15. The number of anilines is 1. The first-order chi connectivity index (χ1) is 8.31. The Bertz CT molecular complexity index is 450. The molecular weight excluding hydrogens is 278 g/mol. The molecule has 17 heavy (non-hydrogen) atoms. The van der Waals surface area contributed by atoms with E-state index in [2.05, 4.69) is 57.2 Å². The minimum atomic E-state index is 0.380. The molecular formula is C14H14BrNO. The highest BCUT2D eigenvalue weighted by molar-refractivity contribution is 9.10. The monoisotopic (exact) mass is 291 g/mol. The van der Waals surface area contributed by atoms with Gasteiger partial charge in [-0.2, -0.15) is 0 Å². The third-order valence-electron chi connectivity index (χ3n) is 4.25. The van der Waals surface area contributed by atoms with Gasteiger partial charge in [-0.3, -0.25) is 0 Å². The molecule has 3 aliphatic heterocycles. The second kappa shape index (κ2) is 3.59. The zero-order chi connectivity index (χ0) is 11.4. The SMILES string of the molecule is Brc1ccc(N2CC3C4C=CC(O4)C3C2)cc1. The number of benzene rings is 1. The molecule has 2 bridgehead atoms. The van der Waals surface area contributed by atoms with E-state index in [4.69, 9.17) is 4.74 Å². The van der Waals surface area contributed by atoms with Gasteiger partial charge in [0.05, 0.1) is 12.2 Å². The van der Waals surface area contributed by atoms with Crippen LogP contribution >= 0.6 is 15.9 Å². The summed E-state index contributed by atoms with van der Waals surface area (Å²) in [6.07, 6.45) is 5.25. The summed E-state index contributed by atoms with van der Waals surface area (Å²) in [4.78, 5) is 2.50. The molecule has 0 radical (unpaired) electrons. The minimum absolute atomic E-state index is 0.380. The third kappa shape index (κ3) is 1.49. The average Bonchev–Trinajstić information content (AvgIpc) is 3.02. The van der Waals surface area contributed by atoms with Crippen LogP contribution in [0.1, 0.15) is 0 Å². The summed E-state index contributed by atoms with van der Waals surface area (Å²) in [5.41, 5.74) is 1.34. The summed E-state index contributed by atoms with van der Waals surface area (Å²) < 4.78 is 7.04. The van der Waals surface area contributed by atoms with E-state index in [-0.39, 0.29) is 0 Å². The van der Waals surface area contributed by atoms with E-state index in [9.17, 15) is 0 Å². The Balaban J connectivity index is 1.58. The van der Waals surface area contributed by atoms with Crippen LogP contribution in [-0.4, -0.2) is 25.3 Å². The van der Waals surface area contributed by atoms with E-state index in [1.807, 2.05) is 0 Å². The molecule has 1 aromatic rings. The molecule has 2 fully saturated rings. The van der Waals surface area contributed by atoms with Crippen LogP contribution in [0.4, 0.5) is 5.69 Å². The van der Waals surface area contributed by atoms with Gasteiger partial charge >= 0.3 is 0 Å².